The summed E-state index contributed by atoms with van der Waals surface area (Å²) in [6, 6.07) is 8.92. The largest absolute Gasteiger partial charge is 0.348 e. The molecule has 0 atom stereocenters. The molecule has 1 aromatic carbocycles. The highest BCUT2D eigenvalue weighted by Gasteiger charge is 2.19. The molecule has 0 saturated heterocycles. The summed E-state index contributed by atoms with van der Waals surface area (Å²) >= 11 is 0. The number of hydrogen-bond donors (Lipinski definition) is 0. The summed E-state index contributed by atoms with van der Waals surface area (Å²) in [4.78, 5) is 19.6. The predicted octanol–water partition coefficient (Wildman–Crippen LogP) is 2.66. The normalized spacial score (nSPS) is 15.2. The van der Waals surface area contributed by atoms with E-state index in [-0.39, 0.29) is 5.56 Å². The molecule has 0 radical (unpaired) electrons. The first-order chi connectivity index (χ1) is 12.6. The van der Waals surface area contributed by atoms with E-state index in [1.54, 1.807) is 4.57 Å². The summed E-state index contributed by atoms with van der Waals surface area (Å²) in [6.07, 6.45) is 3.78. The molecule has 0 amide bonds. The summed E-state index contributed by atoms with van der Waals surface area (Å²) < 4.78 is 3.95. The van der Waals surface area contributed by atoms with Gasteiger partial charge < -0.3 is 4.57 Å². The third kappa shape index (κ3) is 2.97. The van der Waals surface area contributed by atoms with Crippen LogP contribution >= 0.6 is 0 Å². The number of hydrogen-bond acceptors (Lipinski definition) is 3. The average Bonchev–Trinajstić information content (AvgIpc) is 2.95. The van der Waals surface area contributed by atoms with Gasteiger partial charge in [-0.15, -0.1) is 0 Å². The molecule has 2 aromatic heterocycles. The van der Waals surface area contributed by atoms with Gasteiger partial charge in [0.15, 0.2) is 0 Å². The standard InChI is InChI=1S/C21H26N4O/c1-4-25-12-7-17-6-5-16(13-20(17)25)14-24-10-8-18-19(9-11-24)22-15(2)23(3)21(18)26/h5-7,12-13H,4,8-11,14H2,1-3H3. The van der Waals surface area contributed by atoms with Crippen LogP contribution in [0, 0.1) is 6.92 Å². The van der Waals surface area contributed by atoms with Crippen LogP contribution in [-0.2, 0) is 33.0 Å². The van der Waals surface area contributed by atoms with Crippen molar-refractivity contribution in [2.75, 3.05) is 13.1 Å². The van der Waals surface area contributed by atoms with Crippen molar-refractivity contribution in [1.82, 2.24) is 19.0 Å². The quantitative estimate of drug-likeness (QED) is 0.729. The Morgan fingerprint density at radius 3 is 2.77 bits per heavy atom. The minimum Gasteiger partial charge on any atom is -0.348 e. The van der Waals surface area contributed by atoms with Crippen molar-refractivity contribution in [2.45, 2.75) is 39.8 Å². The molecule has 1 aliphatic heterocycles. The van der Waals surface area contributed by atoms with E-state index in [1.807, 2.05) is 14.0 Å². The van der Waals surface area contributed by atoms with Crippen molar-refractivity contribution in [3.05, 3.63) is 63.5 Å². The van der Waals surface area contributed by atoms with Crippen molar-refractivity contribution in [2.24, 2.45) is 7.05 Å². The zero-order valence-electron chi connectivity index (χ0n) is 15.8. The molecule has 0 saturated carbocycles. The predicted molar refractivity (Wildman–Crippen MR) is 105 cm³/mol. The number of aromatic nitrogens is 3. The molecule has 3 heterocycles. The lowest BCUT2D eigenvalue weighted by Gasteiger charge is -2.19. The first-order valence-corrected chi connectivity index (χ1v) is 9.42. The molecule has 0 bridgehead atoms. The van der Waals surface area contributed by atoms with E-state index >= 15 is 0 Å². The van der Waals surface area contributed by atoms with Crippen molar-refractivity contribution in [3.8, 4) is 0 Å². The zero-order chi connectivity index (χ0) is 18.3. The Balaban J connectivity index is 1.55. The molecule has 5 heteroatoms. The topological polar surface area (TPSA) is 43.1 Å². The second-order valence-corrected chi connectivity index (χ2v) is 7.22. The van der Waals surface area contributed by atoms with Crippen LogP contribution in [0.15, 0.2) is 35.3 Å². The minimum absolute atomic E-state index is 0.122. The fourth-order valence-electron chi connectivity index (χ4n) is 3.93. The van der Waals surface area contributed by atoms with Gasteiger partial charge in [0.2, 0.25) is 0 Å². The van der Waals surface area contributed by atoms with Gasteiger partial charge >= 0.3 is 0 Å². The molecule has 0 unspecified atom stereocenters. The van der Waals surface area contributed by atoms with Crippen LogP contribution in [0.5, 0.6) is 0 Å². The van der Waals surface area contributed by atoms with E-state index in [0.717, 1.165) is 56.1 Å². The molecule has 0 spiro atoms. The van der Waals surface area contributed by atoms with Gasteiger partial charge in [-0.1, -0.05) is 12.1 Å². The van der Waals surface area contributed by atoms with Gasteiger partial charge in [-0.3, -0.25) is 14.3 Å². The molecule has 1 aliphatic rings. The lowest BCUT2D eigenvalue weighted by atomic mass is 10.1. The van der Waals surface area contributed by atoms with Gasteiger partial charge in [-0.2, -0.15) is 0 Å². The monoisotopic (exact) mass is 350 g/mol. The highest BCUT2D eigenvalue weighted by Crippen LogP contribution is 2.20. The SMILES string of the molecule is CCn1ccc2ccc(CN3CCc4nc(C)n(C)c(=O)c4CC3)cc21. The van der Waals surface area contributed by atoms with E-state index in [9.17, 15) is 4.79 Å². The molecular weight excluding hydrogens is 324 g/mol. The molecular formula is C21H26N4O. The Hall–Kier alpha value is -2.40. The van der Waals surface area contributed by atoms with Gasteiger partial charge in [0.25, 0.3) is 5.56 Å². The summed E-state index contributed by atoms with van der Waals surface area (Å²) in [5.41, 5.74) is 4.64. The highest BCUT2D eigenvalue weighted by atomic mass is 16.1. The average molecular weight is 350 g/mol. The van der Waals surface area contributed by atoms with Gasteiger partial charge in [0.05, 0.1) is 5.69 Å². The van der Waals surface area contributed by atoms with Crippen LogP contribution in [0.2, 0.25) is 0 Å². The zero-order valence-corrected chi connectivity index (χ0v) is 15.8. The third-order valence-corrected chi connectivity index (χ3v) is 5.62. The molecule has 3 aromatic rings. The summed E-state index contributed by atoms with van der Waals surface area (Å²) in [6.45, 7) is 7.83. The lowest BCUT2D eigenvalue weighted by molar-refractivity contribution is 0.279. The second-order valence-electron chi connectivity index (χ2n) is 7.22. The van der Waals surface area contributed by atoms with Crippen LogP contribution in [0.25, 0.3) is 10.9 Å². The van der Waals surface area contributed by atoms with E-state index < -0.39 is 0 Å². The maximum Gasteiger partial charge on any atom is 0.256 e. The Morgan fingerprint density at radius 2 is 1.96 bits per heavy atom. The Labute approximate surface area is 153 Å². The number of benzene rings is 1. The van der Waals surface area contributed by atoms with Crippen molar-refractivity contribution < 1.29 is 0 Å². The number of rotatable bonds is 3. The molecule has 0 N–H and O–H groups in total. The Bertz CT molecular complexity index is 1010. The smallest absolute Gasteiger partial charge is 0.256 e. The Morgan fingerprint density at radius 1 is 1.15 bits per heavy atom. The number of fused-ring (bicyclic) bond motifs is 2. The van der Waals surface area contributed by atoms with Crippen LogP contribution in [0.4, 0.5) is 0 Å². The summed E-state index contributed by atoms with van der Waals surface area (Å²) in [5.74, 6) is 0.799. The van der Waals surface area contributed by atoms with Gasteiger partial charge in [-0.05, 0) is 43.4 Å². The molecule has 5 nitrogen and oxygen atoms in total. The van der Waals surface area contributed by atoms with Crippen molar-refractivity contribution in [1.29, 1.82) is 0 Å². The van der Waals surface area contributed by atoms with Crippen molar-refractivity contribution >= 4 is 10.9 Å². The third-order valence-electron chi connectivity index (χ3n) is 5.62. The molecule has 0 aliphatic carbocycles. The molecule has 136 valence electrons. The fraction of sp³-hybridized carbons (Fsp3) is 0.429. The first-order valence-electron chi connectivity index (χ1n) is 9.42. The molecule has 4 rings (SSSR count). The summed E-state index contributed by atoms with van der Waals surface area (Å²) in [5, 5.41) is 1.29. The van der Waals surface area contributed by atoms with Crippen molar-refractivity contribution in [3.63, 3.8) is 0 Å². The fourth-order valence-corrected chi connectivity index (χ4v) is 3.93. The van der Waals surface area contributed by atoms with Gasteiger partial charge in [0.1, 0.15) is 5.82 Å². The van der Waals surface area contributed by atoms with Crippen LogP contribution < -0.4 is 5.56 Å². The van der Waals surface area contributed by atoms with Gasteiger partial charge in [0, 0.05) is 56.9 Å². The van der Waals surface area contributed by atoms with E-state index in [1.165, 1.54) is 16.5 Å². The van der Waals surface area contributed by atoms with E-state index in [4.69, 9.17) is 0 Å². The molecule has 0 fully saturated rings. The van der Waals surface area contributed by atoms with E-state index in [0.29, 0.717) is 0 Å². The maximum atomic E-state index is 12.5. The maximum absolute atomic E-state index is 12.5. The lowest BCUT2D eigenvalue weighted by Crippen LogP contribution is -2.28. The Kier molecular flexibility index (Phi) is 4.41. The van der Waals surface area contributed by atoms with Crippen LogP contribution in [-0.4, -0.2) is 32.1 Å². The van der Waals surface area contributed by atoms with Crippen LogP contribution in [0.1, 0.15) is 29.6 Å². The van der Waals surface area contributed by atoms with Gasteiger partial charge in [-0.25, -0.2) is 4.98 Å². The molecule has 26 heavy (non-hydrogen) atoms. The van der Waals surface area contributed by atoms with E-state index in [2.05, 4.69) is 51.8 Å². The minimum atomic E-state index is 0.122. The second kappa shape index (κ2) is 6.72. The highest BCUT2D eigenvalue weighted by molar-refractivity contribution is 5.80. The number of aryl methyl sites for hydroxylation is 2. The first kappa shape index (κ1) is 17.0. The number of nitrogens with zero attached hydrogens (tertiary/aromatic N) is 4. The van der Waals surface area contributed by atoms with Crippen LogP contribution in [0.3, 0.4) is 0 Å². The summed E-state index contributed by atoms with van der Waals surface area (Å²) in [7, 11) is 1.81.